The van der Waals surface area contributed by atoms with Gasteiger partial charge in [-0.15, -0.1) is 0 Å². The summed E-state index contributed by atoms with van der Waals surface area (Å²) in [5.41, 5.74) is 1.77. The molecule has 8 heteroatoms. The predicted molar refractivity (Wildman–Crippen MR) is 79.8 cm³/mol. The van der Waals surface area contributed by atoms with Gasteiger partial charge in [-0.3, -0.25) is 19.7 Å². The number of pyridine rings is 1. The monoisotopic (exact) mass is 300 g/mol. The molecule has 1 N–H and O–H groups in total. The first-order valence-electron chi connectivity index (χ1n) is 6.23. The summed E-state index contributed by atoms with van der Waals surface area (Å²) in [5, 5.41) is 14.5. The summed E-state index contributed by atoms with van der Waals surface area (Å²) in [6, 6.07) is 8.90. The van der Waals surface area contributed by atoms with Crippen LogP contribution in [-0.4, -0.2) is 21.6 Å². The van der Waals surface area contributed by atoms with Gasteiger partial charge in [-0.05, 0) is 18.2 Å². The summed E-state index contributed by atoms with van der Waals surface area (Å²) in [6.45, 7) is 0. The first-order chi connectivity index (χ1) is 10.5. The Labute approximate surface area is 124 Å². The van der Waals surface area contributed by atoms with Crippen molar-refractivity contribution in [2.45, 2.75) is 0 Å². The van der Waals surface area contributed by atoms with Gasteiger partial charge < -0.3 is 4.57 Å². The van der Waals surface area contributed by atoms with E-state index in [9.17, 15) is 19.7 Å². The maximum Gasteiger partial charge on any atom is 0.278 e. The van der Waals surface area contributed by atoms with Crippen molar-refractivity contribution >= 4 is 17.8 Å². The third-order valence-electron chi connectivity index (χ3n) is 2.87. The number of hydrogen-bond acceptors (Lipinski definition) is 5. The molecule has 0 aliphatic carbocycles. The summed E-state index contributed by atoms with van der Waals surface area (Å²) in [7, 11) is 1.52. The van der Waals surface area contributed by atoms with Crippen molar-refractivity contribution in [1.29, 1.82) is 0 Å². The zero-order valence-corrected chi connectivity index (χ0v) is 11.6. The largest absolute Gasteiger partial charge is 0.318 e. The maximum atomic E-state index is 11.9. The molecule has 22 heavy (non-hydrogen) atoms. The van der Waals surface area contributed by atoms with E-state index in [4.69, 9.17) is 0 Å². The molecule has 0 aliphatic rings. The number of aromatic nitrogens is 1. The van der Waals surface area contributed by atoms with Gasteiger partial charge in [-0.25, -0.2) is 5.43 Å². The van der Waals surface area contributed by atoms with Crippen LogP contribution in [0.2, 0.25) is 0 Å². The molecule has 2 rings (SSSR count). The van der Waals surface area contributed by atoms with Crippen LogP contribution in [0.25, 0.3) is 0 Å². The fraction of sp³-hybridized carbons (Fsp3) is 0.0714. The molecular formula is C14H12N4O4. The maximum absolute atomic E-state index is 11.9. The number of nitro benzene ring substituents is 1. The molecule has 0 unspecified atom stereocenters. The van der Waals surface area contributed by atoms with E-state index in [-0.39, 0.29) is 16.8 Å². The number of rotatable bonds is 4. The Morgan fingerprint density at radius 1 is 1.32 bits per heavy atom. The molecule has 8 nitrogen and oxygen atoms in total. The third kappa shape index (κ3) is 3.23. The van der Waals surface area contributed by atoms with Crippen LogP contribution in [0, 0.1) is 10.1 Å². The second-order valence-electron chi connectivity index (χ2n) is 4.35. The van der Waals surface area contributed by atoms with Crippen LogP contribution < -0.4 is 11.0 Å². The number of hydrogen-bond donors (Lipinski definition) is 1. The molecule has 1 heterocycles. The van der Waals surface area contributed by atoms with E-state index < -0.39 is 16.4 Å². The zero-order chi connectivity index (χ0) is 16.1. The van der Waals surface area contributed by atoms with Crippen molar-refractivity contribution in [2.24, 2.45) is 12.1 Å². The topological polar surface area (TPSA) is 107 Å². The number of nitro groups is 1. The average molecular weight is 300 g/mol. The summed E-state index contributed by atoms with van der Waals surface area (Å²) in [6.07, 6.45) is 2.68. The highest BCUT2D eigenvalue weighted by Crippen LogP contribution is 2.14. The number of benzene rings is 1. The summed E-state index contributed by atoms with van der Waals surface area (Å²) in [5.74, 6) is -0.684. The number of hydrazone groups is 1. The normalized spacial score (nSPS) is 10.6. The summed E-state index contributed by atoms with van der Waals surface area (Å²) < 4.78 is 1.26. The number of amides is 1. The molecule has 0 atom stereocenters. The molecule has 0 radical (unpaired) electrons. The van der Waals surface area contributed by atoms with Crippen LogP contribution >= 0.6 is 0 Å². The fourth-order valence-electron chi connectivity index (χ4n) is 1.75. The SMILES string of the molecule is Cn1cccc(C(=O)N/N=C\c2ccccc2[N+](=O)[O-])c1=O. The van der Waals surface area contributed by atoms with Crippen molar-refractivity contribution in [3.63, 3.8) is 0 Å². The van der Waals surface area contributed by atoms with Crippen molar-refractivity contribution in [3.05, 3.63) is 74.2 Å². The van der Waals surface area contributed by atoms with E-state index in [1.54, 1.807) is 12.1 Å². The van der Waals surface area contributed by atoms with E-state index in [1.165, 1.54) is 42.1 Å². The minimum Gasteiger partial charge on any atom is -0.318 e. The Morgan fingerprint density at radius 3 is 2.77 bits per heavy atom. The molecule has 0 saturated heterocycles. The molecule has 112 valence electrons. The molecule has 0 saturated carbocycles. The van der Waals surface area contributed by atoms with E-state index in [0.29, 0.717) is 0 Å². The van der Waals surface area contributed by atoms with Gasteiger partial charge in [0.15, 0.2) is 0 Å². The summed E-state index contributed by atoms with van der Waals surface area (Å²) >= 11 is 0. The highest BCUT2D eigenvalue weighted by Gasteiger charge is 2.12. The van der Waals surface area contributed by atoms with Crippen LogP contribution in [0.5, 0.6) is 0 Å². The first kappa shape index (κ1) is 15.1. The minimum absolute atomic E-state index is 0.0651. The fourth-order valence-corrected chi connectivity index (χ4v) is 1.75. The zero-order valence-electron chi connectivity index (χ0n) is 11.6. The molecule has 0 aliphatic heterocycles. The lowest BCUT2D eigenvalue weighted by atomic mass is 10.2. The second kappa shape index (κ2) is 6.44. The van der Waals surface area contributed by atoms with Crippen LogP contribution in [0.4, 0.5) is 5.69 Å². The van der Waals surface area contributed by atoms with Crippen LogP contribution in [0.1, 0.15) is 15.9 Å². The molecular weight excluding hydrogens is 288 g/mol. The number of nitrogens with one attached hydrogen (secondary N) is 1. The standard InChI is InChI=1S/C14H12N4O4/c1-17-8-4-6-11(14(17)20)13(19)16-15-9-10-5-2-3-7-12(10)18(21)22/h2-9H,1H3,(H,16,19)/b15-9-. The molecule has 2 aromatic rings. The Kier molecular flexibility index (Phi) is 4.42. The van der Waals surface area contributed by atoms with Gasteiger partial charge in [0.1, 0.15) is 5.56 Å². The lowest BCUT2D eigenvalue weighted by Crippen LogP contribution is -2.29. The highest BCUT2D eigenvalue weighted by atomic mass is 16.6. The summed E-state index contributed by atoms with van der Waals surface area (Å²) in [4.78, 5) is 33.9. The van der Waals surface area contributed by atoms with Gasteiger partial charge in [0.05, 0.1) is 16.7 Å². The van der Waals surface area contributed by atoms with Crippen molar-refractivity contribution in [3.8, 4) is 0 Å². The third-order valence-corrected chi connectivity index (χ3v) is 2.87. The quantitative estimate of drug-likeness (QED) is 0.517. The molecule has 0 bridgehead atoms. The van der Waals surface area contributed by atoms with Gasteiger partial charge in [0, 0.05) is 19.3 Å². The Hall–Kier alpha value is -3.29. The Balaban J connectivity index is 2.16. The van der Waals surface area contributed by atoms with E-state index in [1.807, 2.05) is 0 Å². The average Bonchev–Trinajstić information content (AvgIpc) is 2.50. The number of carbonyl (C=O) groups is 1. The van der Waals surface area contributed by atoms with E-state index >= 15 is 0 Å². The minimum atomic E-state index is -0.684. The highest BCUT2D eigenvalue weighted by molar-refractivity contribution is 5.94. The molecule has 0 spiro atoms. The van der Waals surface area contributed by atoms with Crippen LogP contribution in [0.3, 0.4) is 0 Å². The van der Waals surface area contributed by atoms with Gasteiger partial charge in [-0.1, -0.05) is 12.1 Å². The number of para-hydroxylation sites is 1. The van der Waals surface area contributed by atoms with Crippen LogP contribution in [-0.2, 0) is 7.05 Å². The van der Waals surface area contributed by atoms with Crippen molar-refractivity contribution in [2.75, 3.05) is 0 Å². The van der Waals surface area contributed by atoms with Gasteiger partial charge in [0.25, 0.3) is 17.2 Å². The van der Waals surface area contributed by atoms with E-state index in [2.05, 4.69) is 10.5 Å². The smallest absolute Gasteiger partial charge is 0.278 e. The lowest BCUT2D eigenvalue weighted by Gasteiger charge is -2.01. The molecule has 1 aromatic heterocycles. The van der Waals surface area contributed by atoms with Gasteiger partial charge >= 0.3 is 0 Å². The molecule has 1 amide bonds. The van der Waals surface area contributed by atoms with E-state index in [0.717, 1.165) is 6.21 Å². The number of nitrogens with zero attached hydrogens (tertiary/aromatic N) is 3. The van der Waals surface area contributed by atoms with Crippen molar-refractivity contribution < 1.29 is 9.72 Å². The first-order valence-corrected chi connectivity index (χ1v) is 6.23. The Bertz CT molecular complexity index is 810. The van der Waals surface area contributed by atoms with Gasteiger partial charge in [-0.2, -0.15) is 5.10 Å². The molecule has 1 aromatic carbocycles. The predicted octanol–water partition coefficient (Wildman–Crippen LogP) is 1.06. The second-order valence-corrected chi connectivity index (χ2v) is 4.35. The van der Waals surface area contributed by atoms with Crippen LogP contribution in [0.15, 0.2) is 52.5 Å². The Morgan fingerprint density at radius 2 is 2.05 bits per heavy atom. The number of carbonyl (C=O) groups excluding carboxylic acids is 1. The van der Waals surface area contributed by atoms with Gasteiger partial charge in [0.2, 0.25) is 0 Å². The lowest BCUT2D eigenvalue weighted by molar-refractivity contribution is -0.385. The number of aryl methyl sites for hydroxylation is 1. The molecule has 0 fully saturated rings. The van der Waals surface area contributed by atoms with Crippen molar-refractivity contribution in [1.82, 2.24) is 9.99 Å².